The number of phenolic OH excluding ortho intramolecular Hbond substituents is 1. The molecular weight excluding hydrogens is 300 g/mol. The van der Waals surface area contributed by atoms with Crippen LogP contribution in [-0.2, 0) is 6.42 Å². The monoisotopic (exact) mass is 330 g/mol. The minimum atomic E-state index is -0.117. The quantitative estimate of drug-likeness (QED) is 0.864. The van der Waals surface area contributed by atoms with Crippen LogP contribution in [0.3, 0.4) is 0 Å². The minimum Gasteiger partial charge on any atom is -0.504 e. The Bertz CT molecular complexity index is 626. The number of ether oxygens (including phenoxy) is 1. The molecule has 0 bridgehead atoms. The van der Waals surface area contributed by atoms with Crippen LogP contribution in [0.4, 0.5) is 0 Å². The average molecular weight is 330 g/mol. The Morgan fingerprint density at radius 1 is 1.21 bits per heavy atom. The summed E-state index contributed by atoms with van der Waals surface area (Å²) in [6.45, 7) is 5.04. The van der Waals surface area contributed by atoms with Gasteiger partial charge in [0.1, 0.15) is 0 Å². The van der Waals surface area contributed by atoms with Gasteiger partial charge in [-0.05, 0) is 91.4 Å². The summed E-state index contributed by atoms with van der Waals surface area (Å²) >= 11 is 0. The lowest BCUT2D eigenvalue weighted by molar-refractivity contribution is -0.0226. The first kappa shape index (κ1) is 16.3. The van der Waals surface area contributed by atoms with E-state index in [2.05, 4.69) is 19.9 Å². The highest BCUT2D eigenvalue weighted by Gasteiger charge is 2.54. The molecular formula is C21H30O3. The van der Waals surface area contributed by atoms with Crippen molar-refractivity contribution < 1.29 is 14.9 Å². The van der Waals surface area contributed by atoms with Crippen LogP contribution in [0.2, 0.25) is 0 Å². The Balaban J connectivity index is 1.66. The van der Waals surface area contributed by atoms with Crippen molar-refractivity contribution in [1.29, 1.82) is 0 Å². The van der Waals surface area contributed by atoms with E-state index >= 15 is 0 Å². The number of phenols is 1. The second-order valence-corrected chi connectivity index (χ2v) is 8.42. The molecule has 3 heteroatoms. The number of aliphatic hydroxyl groups is 1. The van der Waals surface area contributed by atoms with Crippen molar-refractivity contribution in [2.24, 2.45) is 17.3 Å². The zero-order chi connectivity index (χ0) is 16.9. The summed E-state index contributed by atoms with van der Waals surface area (Å²) in [5.41, 5.74) is 2.83. The lowest BCUT2D eigenvalue weighted by Crippen LogP contribution is -2.43. The molecule has 0 amide bonds. The van der Waals surface area contributed by atoms with Gasteiger partial charge in [-0.3, -0.25) is 0 Å². The third kappa shape index (κ3) is 2.35. The Morgan fingerprint density at radius 3 is 2.83 bits per heavy atom. The largest absolute Gasteiger partial charge is 0.504 e. The van der Waals surface area contributed by atoms with Gasteiger partial charge in [0.05, 0.1) is 12.7 Å². The summed E-state index contributed by atoms with van der Waals surface area (Å²) in [6.07, 6.45) is 7.48. The molecule has 0 spiro atoms. The maximum absolute atomic E-state index is 10.5. The second-order valence-electron chi connectivity index (χ2n) is 8.42. The molecule has 132 valence electrons. The molecule has 0 saturated heterocycles. The number of aromatic hydroxyl groups is 1. The maximum Gasteiger partial charge on any atom is 0.161 e. The van der Waals surface area contributed by atoms with Gasteiger partial charge in [-0.25, -0.2) is 0 Å². The SMILES string of the molecule is CCCOc1cc2c(cc1O)CCC1C2CCC2(C)C(O)CCC12. The Hall–Kier alpha value is -1.22. The first-order chi connectivity index (χ1) is 11.5. The van der Waals surface area contributed by atoms with E-state index in [0.717, 1.165) is 32.1 Å². The van der Waals surface area contributed by atoms with Gasteiger partial charge in [-0.15, -0.1) is 0 Å². The molecule has 3 aliphatic rings. The van der Waals surface area contributed by atoms with E-state index in [9.17, 15) is 10.2 Å². The summed E-state index contributed by atoms with van der Waals surface area (Å²) in [5, 5.41) is 20.8. The van der Waals surface area contributed by atoms with Crippen molar-refractivity contribution >= 4 is 0 Å². The van der Waals surface area contributed by atoms with Gasteiger partial charge in [-0.2, -0.15) is 0 Å². The first-order valence-corrected chi connectivity index (χ1v) is 9.71. The standard InChI is InChI=1S/C21H30O3/c1-3-10-24-19-12-16-13(11-18(19)22)4-5-15-14(16)8-9-21(2)17(15)6-7-20(21)23/h11-12,14-15,17,20,22-23H,3-10H2,1-2H3. The predicted molar refractivity (Wildman–Crippen MR) is 94.5 cm³/mol. The molecule has 2 N–H and O–H groups in total. The molecule has 3 nitrogen and oxygen atoms in total. The molecule has 0 heterocycles. The van der Waals surface area contributed by atoms with E-state index in [1.54, 1.807) is 0 Å². The minimum absolute atomic E-state index is 0.117. The van der Waals surface area contributed by atoms with E-state index < -0.39 is 0 Å². The van der Waals surface area contributed by atoms with Crippen LogP contribution in [0.25, 0.3) is 0 Å². The molecule has 1 aromatic carbocycles. The highest BCUT2D eigenvalue weighted by molar-refractivity contribution is 5.49. The van der Waals surface area contributed by atoms with Gasteiger partial charge in [-0.1, -0.05) is 13.8 Å². The van der Waals surface area contributed by atoms with Crippen LogP contribution in [0.5, 0.6) is 11.5 Å². The fourth-order valence-electron chi connectivity index (χ4n) is 5.89. The molecule has 3 aliphatic carbocycles. The fourth-order valence-corrected chi connectivity index (χ4v) is 5.89. The van der Waals surface area contributed by atoms with E-state index in [0.29, 0.717) is 30.1 Å². The van der Waals surface area contributed by atoms with Crippen LogP contribution >= 0.6 is 0 Å². The lowest BCUT2D eigenvalue weighted by atomic mass is 9.55. The zero-order valence-electron chi connectivity index (χ0n) is 14.9. The van der Waals surface area contributed by atoms with E-state index in [4.69, 9.17) is 4.74 Å². The summed E-state index contributed by atoms with van der Waals surface area (Å²) in [7, 11) is 0. The van der Waals surface area contributed by atoms with Crippen LogP contribution < -0.4 is 4.74 Å². The predicted octanol–water partition coefficient (Wildman–Crippen LogP) is 4.40. The van der Waals surface area contributed by atoms with Gasteiger partial charge in [0.15, 0.2) is 11.5 Å². The van der Waals surface area contributed by atoms with Crippen LogP contribution in [0.1, 0.15) is 69.4 Å². The van der Waals surface area contributed by atoms with Gasteiger partial charge < -0.3 is 14.9 Å². The molecule has 0 radical (unpaired) electrons. The second kappa shape index (κ2) is 5.94. The highest BCUT2D eigenvalue weighted by atomic mass is 16.5. The highest BCUT2D eigenvalue weighted by Crippen LogP contribution is 2.61. The van der Waals surface area contributed by atoms with Crippen LogP contribution in [0.15, 0.2) is 12.1 Å². The van der Waals surface area contributed by atoms with E-state index in [1.165, 1.54) is 24.0 Å². The van der Waals surface area contributed by atoms with Crippen molar-refractivity contribution in [3.05, 3.63) is 23.3 Å². The van der Waals surface area contributed by atoms with Crippen molar-refractivity contribution in [2.45, 2.75) is 70.8 Å². The summed E-state index contributed by atoms with van der Waals surface area (Å²) in [5.74, 6) is 2.83. The fraction of sp³-hybridized carbons (Fsp3) is 0.714. The first-order valence-electron chi connectivity index (χ1n) is 9.71. The van der Waals surface area contributed by atoms with Crippen molar-refractivity contribution in [1.82, 2.24) is 0 Å². The molecule has 24 heavy (non-hydrogen) atoms. The normalized spacial score (nSPS) is 37.5. The molecule has 0 aliphatic heterocycles. The average Bonchev–Trinajstić information content (AvgIpc) is 2.88. The smallest absolute Gasteiger partial charge is 0.161 e. The van der Waals surface area contributed by atoms with Crippen molar-refractivity contribution in [2.75, 3.05) is 6.61 Å². The summed E-state index contributed by atoms with van der Waals surface area (Å²) < 4.78 is 5.77. The molecule has 2 saturated carbocycles. The van der Waals surface area contributed by atoms with Gasteiger partial charge in [0.25, 0.3) is 0 Å². The summed E-state index contributed by atoms with van der Waals surface area (Å²) in [4.78, 5) is 0. The third-order valence-corrected chi connectivity index (χ3v) is 7.22. The number of hydrogen-bond donors (Lipinski definition) is 2. The summed E-state index contributed by atoms with van der Waals surface area (Å²) in [6, 6.07) is 4.05. The molecule has 5 unspecified atom stereocenters. The number of rotatable bonds is 3. The lowest BCUT2D eigenvalue weighted by Gasteiger charge is -2.50. The van der Waals surface area contributed by atoms with Gasteiger partial charge >= 0.3 is 0 Å². The Labute approximate surface area is 145 Å². The number of aliphatic hydroxyl groups excluding tert-OH is 1. The number of benzene rings is 1. The Kier molecular flexibility index (Phi) is 4.03. The molecule has 4 rings (SSSR count). The number of hydrogen-bond acceptors (Lipinski definition) is 3. The maximum atomic E-state index is 10.5. The Morgan fingerprint density at radius 2 is 2.04 bits per heavy atom. The van der Waals surface area contributed by atoms with Crippen LogP contribution in [-0.4, -0.2) is 22.9 Å². The van der Waals surface area contributed by atoms with E-state index in [1.807, 2.05) is 6.07 Å². The molecule has 0 aromatic heterocycles. The molecule has 1 aromatic rings. The van der Waals surface area contributed by atoms with Crippen molar-refractivity contribution in [3.8, 4) is 11.5 Å². The molecule has 2 fully saturated rings. The van der Waals surface area contributed by atoms with Crippen molar-refractivity contribution in [3.63, 3.8) is 0 Å². The number of aryl methyl sites for hydroxylation is 1. The van der Waals surface area contributed by atoms with E-state index in [-0.39, 0.29) is 17.3 Å². The third-order valence-electron chi connectivity index (χ3n) is 7.22. The topological polar surface area (TPSA) is 49.7 Å². The number of fused-ring (bicyclic) bond motifs is 5. The van der Waals surface area contributed by atoms with Gasteiger partial charge in [0.2, 0.25) is 0 Å². The van der Waals surface area contributed by atoms with Crippen LogP contribution in [0, 0.1) is 17.3 Å². The molecule has 5 atom stereocenters. The van der Waals surface area contributed by atoms with Gasteiger partial charge in [0, 0.05) is 0 Å². The zero-order valence-corrected chi connectivity index (χ0v) is 14.9.